The molecule has 1 aliphatic heterocycles. The number of nitrogens with two attached hydrogens (primary N) is 1. The average Bonchev–Trinajstić information content (AvgIpc) is 2.39. The summed E-state index contributed by atoms with van der Waals surface area (Å²) >= 11 is 0. The van der Waals surface area contributed by atoms with Crippen LogP contribution >= 0.6 is 0 Å². The van der Waals surface area contributed by atoms with Crippen molar-refractivity contribution in [1.29, 1.82) is 0 Å². The lowest BCUT2D eigenvalue weighted by atomic mass is 9.97. The summed E-state index contributed by atoms with van der Waals surface area (Å²) in [7, 11) is 0. The van der Waals surface area contributed by atoms with Crippen LogP contribution in [-0.2, 0) is 0 Å². The lowest BCUT2D eigenvalue weighted by molar-refractivity contribution is 0.510. The van der Waals surface area contributed by atoms with Gasteiger partial charge in [0, 0.05) is 24.8 Å². The zero-order valence-electron chi connectivity index (χ0n) is 11.7. The van der Waals surface area contributed by atoms with Crippen LogP contribution in [-0.4, -0.2) is 13.1 Å². The summed E-state index contributed by atoms with van der Waals surface area (Å²) in [5.41, 5.74) is 8.84. The van der Waals surface area contributed by atoms with Gasteiger partial charge in [-0.05, 0) is 49.3 Å². The largest absolute Gasteiger partial charge is 0.372 e. The van der Waals surface area contributed by atoms with E-state index in [1.165, 1.54) is 43.6 Å². The topological polar surface area (TPSA) is 29.3 Å². The Bertz CT molecular complexity index is 350. The molecule has 2 nitrogen and oxygen atoms in total. The molecule has 0 spiro atoms. The van der Waals surface area contributed by atoms with Crippen LogP contribution in [0, 0.1) is 5.92 Å². The van der Waals surface area contributed by atoms with Gasteiger partial charge in [0.2, 0.25) is 0 Å². The predicted molar refractivity (Wildman–Crippen MR) is 78.9 cm³/mol. The van der Waals surface area contributed by atoms with E-state index in [-0.39, 0.29) is 6.04 Å². The molecule has 2 rings (SSSR count). The van der Waals surface area contributed by atoms with Crippen molar-refractivity contribution in [1.82, 2.24) is 0 Å². The van der Waals surface area contributed by atoms with Gasteiger partial charge in [-0.1, -0.05) is 26.0 Å². The Hall–Kier alpha value is -1.02. The maximum Gasteiger partial charge on any atom is 0.0366 e. The molecular weight excluding hydrogens is 220 g/mol. The van der Waals surface area contributed by atoms with Gasteiger partial charge in [-0.15, -0.1) is 0 Å². The highest BCUT2D eigenvalue weighted by atomic mass is 15.1. The third kappa shape index (κ3) is 3.49. The standard InChI is InChI=1S/C16H26N2/c1-13(2)12-16(17)14-6-8-15(9-7-14)18-10-4-3-5-11-18/h6-9,13,16H,3-5,10-12,17H2,1-2H3. The summed E-state index contributed by atoms with van der Waals surface area (Å²) in [4.78, 5) is 2.49. The maximum absolute atomic E-state index is 6.21. The molecule has 0 aromatic heterocycles. The van der Waals surface area contributed by atoms with Gasteiger partial charge in [0.05, 0.1) is 0 Å². The first kappa shape index (κ1) is 13.4. The molecule has 1 heterocycles. The Morgan fingerprint density at radius 1 is 1.06 bits per heavy atom. The van der Waals surface area contributed by atoms with Crippen molar-refractivity contribution in [3.8, 4) is 0 Å². The number of hydrogen-bond acceptors (Lipinski definition) is 2. The van der Waals surface area contributed by atoms with Crippen LogP contribution in [0.1, 0.15) is 51.1 Å². The van der Waals surface area contributed by atoms with E-state index < -0.39 is 0 Å². The van der Waals surface area contributed by atoms with E-state index in [1.807, 2.05) is 0 Å². The van der Waals surface area contributed by atoms with E-state index in [2.05, 4.69) is 43.0 Å². The van der Waals surface area contributed by atoms with Gasteiger partial charge >= 0.3 is 0 Å². The van der Waals surface area contributed by atoms with Crippen molar-refractivity contribution in [2.45, 2.75) is 45.6 Å². The molecule has 1 unspecified atom stereocenters. The highest BCUT2D eigenvalue weighted by Gasteiger charge is 2.12. The van der Waals surface area contributed by atoms with Crippen LogP contribution in [0.4, 0.5) is 5.69 Å². The first-order chi connectivity index (χ1) is 8.66. The summed E-state index contributed by atoms with van der Waals surface area (Å²) in [5, 5.41) is 0. The number of benzene rings is 1. The van der Waals surface area contributed by atoms with Gasteiger partial charge in [-0.25, -0.2) is 0 Å². The van der Waals surface area contributed by atoms with Crippen molar-refractivity contribution < 1.29 is 0 Å². The molecule has 0 radical (unpaired) electrons. The Kier molecular flexibility index (Phi) is 4.65. The van der Waals surface area contributed by atoms with E-state index >= 15 is 0 Å². The summed E-state index contributed by atoms with van der Waals surface area (Å²) in [6.45, 7) is 6.86. The van der Waals surface area contributed by atoms with Crippen LogP contribution in [0.2, 0.25) is 0 Å². The fourth-order valence-electron chi connectivity index (χ4n) is 2.73. The van der Waals surface area contributed by atoms with Gasteiger partial charge in [-0.2, -0.15) is 0 Å². The molecule has 18 heavy (non-hydrogen) atoms. The van der Waals surface area contributed by atoms with E-state index in [0.717, 1.165) is 6.42 Å². The molecule has 2 heteroatoms. The molecule has 0 amide bonds. The lowest BCUT2D eigenvalue weighted by Gasteiger charge is -2.29. The third-order valence-electron chi connectivity index (χ3n) is 3.77. The quantitative estimate of drug-likeness (QED) is 0.877. The van der Waals surface area contributed by atoms with E-state index in [4.69, 9.17) is 5.73 Å². The first-order valence-electron chi connectivity index (χ1n) is 7.27. The second-order valence-electron chi connectivity index (χ2n) is 5.88. The normalized spacial score (nSPS) is 18.1. The molecule has 1 aromatic carbocycles. The van der Waals surface area contributed by atoms with Crippen molar-refractivity contribution in [2.75, 3.05) is 18.0 Å². The average molecular weight is 246 g/mol. The van der Waals surface area contributed by atoms with Gasteiger partial charge in [0.1, 0.15) is 0 Å². The lowest BCUT2D eigenvalue weighted by Crippen LogP contribution is -2.29. The van der Waals surface area contributed by atoms with E-state index in [9.17, 15) is 0 Å². The van der Waals surface area contributed by atoms with Crippen LogP contribution in [0.15, 0.2) is 24.3 Å². The van der Waals surface area contributed by atoms with E-state index in [0.29, 0.717) is 5.92 Å². The number of nitrogens with zero attached hydrogens (tertiary/aromatic N) is 1. The zero-order chi connectivity index (χ0) is 13.0. The Labute approximate surface area is 111 Å². The van der Waals surface area contributed by atoms with Crippen molar-refractivity contribution in [3.63, 3.8) is 0 Å². The van der Waals surface area contributed by atoms with E-state index in [1.54, 1.807) is 0 Å². The SMILES string of the molecule is CC(C)CC(N)c1ccc(N2CCCCC2)cc1. The smallest absolute Gasteiger partial charge is 0.0366 e. The van der Waals surface area contributed by atoms with Gasteiger partial charge in [0.15, 0.2) is 0 Å². The molecule has 1 aliphatic rings. The van der Waals surface area contributed by atoms with Crippen LogP contribution in [0.5, 0.6) is 0 Å². The molecule has 2 N–H and O–H groups in total. The number of rotatable bonds is 4. The molecule has 0 bridgehead atoms. The number of anilines is 1. The highest BCUT2D eigenvalue weighted by Crippen LogP contribution is 2.24. The van der Waals surface area contributed by atoms with Crippen LogP contribution < -0.4 is 10.6 Å². The molecule has 1 fully saturated rings. The number of hydrogen-bond donors (Lipinski definition) is 1. The summed E-state index contributed by atoms with van der Waals surface area (Å²) < 4.78 is 0. The van der Waals surface area contributed by atoms with Crippen molar-refractivity contribution in [3.05, 3.63) is 29.8 Å². The van der Waals surface area contributed by atoms with Crippen molar-refractivity contribution >= 4 is 5.69 Å². The van der Waals surface area contributed by atoms with Crippen LogP contribution in [0.3, 0.4) is 0 Å². The number of piperidine rings is 1. The zero-order valence-corrected chi connectivity index (χ0v) is 11.7. The summed E-state index contributed by atoms with van der Waals surface area (Å²) in [5.74, 6) is 0.654. The molecule has 0 saturated carbocycles. The van der Waals surface area contributed by atoms with Crippen molar-refractivity contribution in [2.24, 2.45) is 11.7 Å². The minimum Gasteiger partial charge on any atom is -0.372 e. The first-order valence-corrected chi connectivity index (χ1v) is 7.27. The Morgan fingerprint density at radius 2 is 1.67 bits per heavy atom. The fraction of sp³-hybridized carbons (Fsp3) is 0.625. The monoisotopic (exact) mass is 246 g/mol. The summed E-state index contributed by atoms with van der Waals surface area (Å²) in [6, 6.07) is 9.07. The minimum absolute atomic E-state index is 0.181. The third-order valence-corrected chi connectivity index (χ3v) is 3.77. The minimum atomic E-state index is 0.181. The molecule has 0 aliphatic carbocycles. The second-order valence-corrected chi connectivity index (χ2v) is 5.88. The fourth-order valence-corrected chi connectivity index (χ4v) is 2.73. The molecule has 1 aromatic rings. The second kappa shape index (κ2) is 6.24. The summed E-state index contributed by atoms with van der Waals surface area (Å²) in [6.07, 6.45) is 5.10. The molecular formula is C16H26N2. The predicted octanol–water partition coefficient (Wildman–Crippen LogP) is 3.72. The van der Waals surface area contributed by atoms with Gasteiger partial charge in [-0.3, -0.25) is 0 Å². The molecule has 100 valence electrons. The Morgan fingerprint density at radius 3 is 2.22 bits per heavy atom. The molecule has 1 saturated heterocycles. The highest BCUT2D eigenvalue weighted by molar-refractivity contribution is 5.48. The maximum atomic E-state index is 6.21. The van der Waals surface area contributed by atoms with Gasteiger partial charge in [0.25, 0.3) is 0 Å². The van der Waals surface area contributed by atoms with Gasteiger partial charge < -0.3 is 10.6 Å². The van der Waals surface area contributed by atoms with Crippen LogP contribution in [0.25, 0.3) is 0 Å². The Balaban J connectivity index is 2.00. The molecule has 1 atom stereocenters.